The van der Waals surface area contributed by atoms with Gasteiger partial charge in [0.25, 0.3) is 0 Å². The highest BCUT2D eigenvalue weighted by Crippen LogP contribution is 2.50. The molecule has 3 rings (SSSR count). The summed E-state index contributed by atoms with van der Waals surface area (Å²) in [6.07, 6.45) is 2.07. The second-order valence-electron chi connectivity index (χ2n) is 5.71. The van der Waals surface area contributed by atoms with E-state index in [0.29, 0.717) is 6.42 Å². The molecule has 0 bridgehead atoms. The summed E-state index contributed by atoms with van der Waals surface area (Å²) in [6.45, 7) is -0.321. The van der Waals surface area contributed by atoms with E-state index in [1.807, 2.05) is 0 Å². The quantitative estimate of drug-likeness (QED) is 0.905. The van der Waals surface area contributed by atoms with Crippen molar-refractivity contribution in [1.29, 1.82) is 0 Å². The maximum absolute atomic E-state index is 13.7. The Bertz CT molecular complexity index is 601. The zero-order valence-corrected chi connectivity index (χ0v) is 11.3. The molecule has 2 fully saturated rings. The molecule has 2 atom stereocenters. The zero-order valence-electron chi connectivity index (χ0n) is 11.3. The van der Waals surface area contributed by atoms with Crippen molar-refractivity contribution in [2.45, 2.75) is 31.2 Å². The first-order valence-corrected chi connectivity index (χ1v) is 6.94. The second-order valence-corrected chi connectivity index (χ2v) is 5.71. The van der Waals surface area contributed by atoms with Gasteiger partial charge in [-0.1, -0.05) is 0 Å². The SMILES string of the molecule is O=C(O)CN(C(=O)[C@@H]1C[C@@H]1c1cc(F)ccc1F)C1CC1. The molecular weight excluding hydrogens is 280 g/mol. The highest BCUT2D eigenvalue weighted by Gasteiger charge is 2.49. The molecule has 2 saturated carbocycles. The first-order valence-electron chi connectivity index (χ1n) is 6.94. The van der Waals surface area contributed by atoms with Crippen LogP contribution in [0.4, 0.5) is 8.78 Å². The number of carboxylic acid groups (broad SMARTS) is 1. The normalized spacial score (nSPS) is 23.7. The molecule has 1 N–H and O–H groups in total. The summed E-state index contributed by atoms with van der Waals surface area (Å²) < 4.78 is 26.9. The van der Waals surface area contributed by atoms with Crippen molar-refractivity contribution in [3.05, 3.63) is 35.4 Å². The third-order valence-electron chi connectivity index (χ3n) is 4.04. The predicted octanol–water partition coefficient (Wildman–Crippen LogP) is 2.14. The van der Waals surface area contributed by atoms with Gasteiger partial charge in [0.15, 0.2) is 0 Å². The van der Waals surface area contributed by atoms with Gasteiger partial charge in [-0.2, -0.15) is 0 Å². The smallest absolute Gasteiger partial charge is 0.323 e. The average Bonchev–Trinajstić information content (AvgIpc) is 3.30. The third kappa shape index (κ3) is 2.89. The first-order chi connectivity index (χ1) is 9.97. The second kappa shape index (κ2) is 5.09. The number of hydrogen-bond donors (Lipinski definition) is 1. The average molecular weight is 295 g/mol. The van der Waals surface area contributed by atoms with Crippen molar-refractivity contribution >= 4 is 11.9 Å². The summed E-state index contributed by atoms with van der Waals surface area (Å²) >= 11 is 0. The molecule has 6 heteroatoms. The molecule has 1 aromatic rings. The Morgan fingerprint density at radius 3 is 2.62 bits per heavy atom. The molecule has 0 aromatic heterocycles. The van der Waals surface area contributed by atoms with Crippen LogP contribution in [0.15, 0.2) is 18.2 Å². The molecule has 112 valence electrons. The van der Waals surface area contributed by atoms with Gasteiger partial charge in [-0.25, -0.2) is 8.78 Å². The lowest BCUT2D eigenvalue weighted by Crippen LogP contribution is -2.38. The van der Waals surface area contributed by atoms with E-state index < -0.39 is 23.5 Å². The molecule has 21 heavy (non-hydrogen) atoms. The van der Waals surface area contributed by atoms with Crippen molar-refractivity contribution in [3.8, 4) is 0 Å². The topological polar surface area (TPSA) is 57.6 Å². The van der Waals surface area contributed by atoms with Gasteiger partial charge in [-0.3, -0.25) is 9.59 Å². The lowest BCUT2D eigenvalue weighted by Gasteiger charge is -2.20. The lowest BCUT2D eigenvalue weighted by atomic mass is 10.1. The summed E-state index contributed by atoms with van der Waals surface area (Å²) in [6, 6.07) is 3.21. The van der Waals surface area contributed by atoms with E-state index in [4.69, 9.17) is 5.11 Å². The molecular formula is C15H15F2NO3. The molecule has 1 amide bonds. The Hall–Kier alpha value is -1.98. The highest BCUT2D eigenvalue weighted by molar-refractivity contribution is 5.86. The van der Waals surface area contributed by atoms with Gasteiger partial charge in [-0.05, 0) is 48.9 Å². The van der Waals surface area contributed by atoms with Gasteiger partial charge in [-0.15, -0.1) is 0 Å². The van der Waals surface area contributed by atoms with E-state index >= 15 is 0 Å². The number of carbonyl (C=O) groups excluding carboxylic acids is 1. The van der Waals surface area contributed by atoms with Crippen LogP contribution in [0.1, 0.15) is 30.7 Å². The number of carboxylic acids is 1. The monoisotopic (exact) mass is 295 g/mol. The molecule has 0 radical (unpaired) electrons. The van der Waals surface area contributed by atoms with Crippen LogP contribution in [0.2, 0.25) is 0 Å². The molecule has 0 unspecified atom stereocenters. The highest BCUT2D eigenvalue weighted by atomic mass is 19.1. The van der Waals surface area contributed by atoms with Crippen molar-refractivity contribution in [1.82, 2.24) is 4.90 Å². The zero-order chi connectivity index (χ0) is 15.1. The fourth-order valence-corrected chi connectivity index (χ4v) is 2.74. The minimum atomic E-state index is -1.05. The van der Waals surface area contributed by atoms with Crippen LogP contribution in [-0.4, -0.2) is 34.5 Å². The van der Waals surface area contributed by atoms with Crippen molar-refractivity contribution < 1.29 is 23.5 Å². The molecule has 2 aliphatic carbocycles. The standard InChI is InChI=1S/C15H15F2NO3/c16-8-1-4-13(17)11(5-8)10-6-12(10)15(21)18(7-14(19)20)9-2-3-9/h1,4-5,9-10,12H,2-3,6-7H2,(H,19,20)/t10-,12-/m1/s1. The van der Waals surface area contributed by atoms with E-state index in [2.05, 4.69) is 0 Å². The Kier molecular flexibility index (Phi) is 3.39. The van der Waals surface area contributed by atoms with E-state index in [0.717, 1.165) is 31.0 Å². The molecule has 0 spiro atoms. The number of halogens is 2. The minimum absolute atomic E-state index is 0.00722. The molecule has 0 heterocycles. The molecule has 0 aliphatic heterocycles. The molecule has 1 aromatic carbocycles. The van der Waals surface area contributed by atoms with E-state index in [1.165, 1.54) is 4.90 Å². The van der Waals surface area contributed by atoms with Crippen LogP contribution < -0.4 is 0 Å². The molecule has 4 nitrogen and oxygen atoms in total. The van der Waals surface area contributed by atoms with Crippen LogP contribution in [0, 0.1) is 17.6 Å². The van der Waals surface area contributed by atoms with Crippen LogP contribution in [0.5, 0.6) is 0 Å². The number of aliphatic carboxylic acids is 1. The van der Waals surface area contributed by atoms with Gasteiger partial charge in [0.2, 0.25) is 5.91 Å². The van der Waals surface area contributed by atoms with Gasteiger partial charge < -0.3 is 10.0 Å². The number of benzene rings is 1. The van der Waals surface area contributed by atoms with Crippen LogP contribution in [-0.2, 0) is 9.59 Å². The summed E-state index contributed by atoms with van der Waals surface area (Å²) in [5.74, 6) is -3.13. The van der Waals surface area contributed by atoms with Crippen LogP contribution in [0.25, 0.3) is 0 Å². The minimum Gasteiger partial charge on any atom is -0.480 e. The Balaban J connectivity index is 1.72. The Morgan fingerprint density at radius 2 is 2.00 bits per heavy atom. The third-order valence-corrected chi connectivity index (χ3v) is 4.04. The van der Waals surface area contributed by atoms with Gasteiger partial charge in [0.1, 0.15) is 18.2 Å². The lowest BCUT2D eigenvalue weighted by molar-refractivity contribution is -0.145. The Morgan fingerprint density at radius 1 is 1.29 bits per heavy atom. The number of amides is 1. The maximum atomic E-state index is 13.7. The maximum Gasteiger partial charge on any atom is 0.323 e. The fourth-order valence-electron chi connectivity index (χ4n) is 2.74. The number of hydrogen-bond acceptors (Lipinski definition) is 2. The Labute approximate surface area is 120 Å². The van der Waals surface area contributed by atoms with Crippen molar-refractivity contribution in [3.63, 3.8) is 0 Å². The summed E-state index contributed by atoms with van der Waals surface area (Å²) in [5.41, 5.74) is 0.208. The molecule has 0 saturated heterocycles. The van der Waals surface area contributed by atoms with Crippen molar-refractivity contribution in [2.24, 2.45) is 5.92 Å². The summed E-state index contributed by atoms with van der Waals surface area (Å²) in [4.78, 5) is 24.6. The van der Waals surface area contributed by atoms with Crippen LogP contribution in [0.3, 0.4) is 0 Å². The van der Waals surface area contributed by atoms with E-state index in [-0.39, 0.29) is 30.0 Å². The van der Waals surface area contributed by atoms with Crippen LogP contribution >= 0.6 is 0 Å². The number of rotatable bonds is 5. The van der Waals surface area contributed by atoms with Gasteiger partial charge in [0, 0.05) is 12.0 Å². The van der Waals surface area contributed by atoms with E-state index in [1.54, 1.807) is 0 Å². The summed E-state index contributed by atoms with van der Waals surface area (Å²) in [7, 11) is 0. The van der Waals surface area contributed by atoms with E-state index in [9.17, 15) is 18.4 Å². The van der Waals surface area contributed by atoms with Crippen molar-refractivity contribution in [2.75, 3.05) is 6.54 Å². The number of nitrogens with zero attached hydrogens (tertiary/aromatic N) is 1. The first kappa shape index (κ1) is 14.0. The number of carbonyl (C=O) groups is 2. The van der Waals surface area contributed by atoms with Gasteiger partial charge >= 0.3 is 5.97 Å². The predicted molar refractivity (Wildman–Crippen MR) is 69.6 cm³/mol. The molecule has 2 aliphatic rings. The van der Waals surface area contributed by atoms with Gasteiger partial charge in [0.05, 0.1) is 0 Å². The fraction of sp³-hybridized carbons (Fsp3) is 0.467. The largest absolute Gasteiger partial charge is 0.480 e. The summed E-state index contributed by atoms with van der Waals surface area (Å²) in [5, 5.41) is 8.87.